The maximum Gasteiger partial charge on any atom is 0.211 e. The van der Waals surface area contributed by atoms with E-state index in [1.807, 2.05) is 0 Å². The predicted molar refractivity (Wildman–Crippen MR) is 83.9 cm³/mol. The molecule has 5 nitrogen and oxygen atoms in total. The number of carbonyl (C=O) groups is 2. The molecule has 2 aliphatic rings. The zero-order chi connectivity index (χ0) is 15.4. The van der Waals surface area contributed by atoms with Gasteiger partial charge < -0.3 is 10.2 Å². The third-order valence-electron chi connectivity index (χ3n) is 4.22. The van der Waals surface area contributed by atoms with Crippen LogP contribution >= 0.6 is 0 Å². The van der Waals surface area contributed by atoms with Crippen molar-refractivity contribution in [2.45, 2.75) is 25.7 Å². The highest BCUT2D eigenvalue weighted by Gasteiger charge is 2.26. The van der Waals surface area contributed by atoms with Crippen molar-refractivity contribution < 1.29 is 9.59 Å². The minimum Gasteiger partial charge on any atom is -0.382 e. The van der Waals surface area contributed by atoms with Crippen LogP contribution in [0, 0.1) is 0 Å². The number of ketones is 2. The van der Waals surface area contributed by atoms with E-state index in [9.17, 15) is 9.59 Å². The van der Waals surface area contributed by atoms with E-state index in [0.29, 0.717) is 17.8 Å². The summed E-state index contributed by atoms with van der Waals surface area (Å²) in [6, 6.07) is 3.34. The highest BCUT2D eigenvalue weighted by molar-refractivity contribution is 6.23. The summed E-state index contributed by atoms with van der Waals surface area (Å²) >= 11 is 0. The van der Waals surface area contributed by atoms with Gasteiger partial charge in [0, 0.05) is 18.8 Å². The Bertz CT molecular complexity index is 604. The van der Waals surface area contributed by atoms with Crippen molar-refractivity contribution in [2.75, 3.05) is 26.2 Å². The number of piperidine rings is 1. The third kappa shape index (κ3) is 3.25. The number of nitrogens with zero attached hydrogens (tertiary/aromatic N) is 2. The largest absolute Gasteiger partial charge is 0.382 e. The Morgan fingerprint density at radius 2 is 2.00 bits per heavy atom. The van der Waals surface area contributed by atoms with Crippen LogP contribution in [-0.2, 0) is 0 Å². The van der Waals surface area contributed by atoms with E-state index in [1.165, 1.54) is 44.6 Å². The molecule has 0 atom stereocenters. The fourth-order valence-electron chi connectivity index (χ4n) is 3.04. The van der Waals surface area contributed by atoms with Crippen molar-refractivity contribution in [1.82, 2.24) is 15.2 Å². The van der Waals surface area contributed by atoms with Gasteiger partial charge in [-0.2, -0.15) is 0 Å². The molecule has 116 valence electrons. The number of aromatic nitrogens is 1. The van der Waals surface area contributed by atoms with Crippen LogP contribution in [0.25, 0.3) is 0 Å². The lowest BCUT2D eigenvalue weighted by Gasteiger charge is -2.26. The van der Waals surface area contributed by atoms with E-state index in [1.54, 1.807) is 12.1 Å². The molecule has 1 aromatic rings. The van der Waals surface area contributed by atoms with Gasteiger partial charge in [0.1, 0.15) is 5.69 Å². The average molecular weight is 299 g/mol. The summed E-state index contributed by atoms with van der Waals surface area (Å²) in [6.45, 7) is 4.11. The molecule has 3 rings (SSSR count). The summed E-state index contributed by atoms with van der Waals surface area (Å²) in [5, 5.41) is 3.12. The molecule has 0 radical (unpaired) electrons. The number of rotatable bonds is 5. The molecule has 0 saturated carbocycles. The molecular formula is C17H21N3O2. The standard InChI is InChI=1S/C17H21N3O2/c21-15-12-14(17(22)13-6-4-7-19-16(13)15)18-8-5-11-20-9-2-1-3-10-20/h4,6-7,12,18H,1-3,5,8-11H2. The fourth-order valence-corrected chi connectivity index (χ4v) is 3.04. The van der Waals surface area contributed by atoms with Gasteiger partial charge in [-0.05, 0) is 51.0 Å². The molecule has 0 aromatic carbocycles. The second-order valence-corrected chi connectivity index (χ2v) is 5.83. The molecule has 1 aromatic heterocycles. The molecule has 1 aliphatic heterocycles. The number of pyridine rings is 1. The van der Waals surface area contributed by atoms with Gasteiger partial charge in [0.15, 0.2) is 0 Å². The number of carbonyl (C=O) groups excluding carboxylic acids is 2. The molecule has 1 N–H and O–H groups in total. The van der Waals surface area contributed by atoms with Gasteiger partial charge in [0.25, 0.3) is 0 Å². The van der Waals surface area contributed by atoms with Crippen molar-refractivity contribution in [3.63, 3.8) is 0 Å². The van der Waals surface area contributed by atoms with Gasteiger partial charge >= 0.3 is 0 Å². The second-order valence-electron chi connectivity index (χ2n) is 5.83. The summed E-state index contributed by atoms with van der Waals surface area (Å²) in [7, 11) is 0. The van der Waals surface area contributed by atoms with E-state index in [4.69, 9.17) is 0 Å². The number of hydrogen-bond acceptors (Lipinski definition) is 5. The molecule has 0 bridgehead atoms. The minimum absolute atomic E-state index is 0.138. The van der Waals surface area contributed by atoms with E-state index < -0.39 is 0 Å². The summed E-state index contributed by atoms with van der Waals surface area (Å²) in [4.78, 5) is 30.8. The molecule has 1 fully saturated rings. The molecule has 5 heteroatoms. The summed E-state index contributed by atoms with van der Waals surface area (Å²) in [5.41, 5.74) is 1.05. The molecule has 0 amide bonds. The monoisotopic (exact) mass is 299 g/mol. The number of hydrogen-bond donors (Lipinski definition) is 1. The molecule has 22 heavy (non-hydrogen) atoms. The van der Waals surface area contributed by atoms with E-state index in [2.05, 4.69) is 15.2 Å². The van der Waals surface area contributed by atoms with Crippen LogP contribution in [-0.4, -0.2) is 47.6 Å². The summed E-state index contributed by atoms with van der Waals surface area (Å²) in [5.74, 6) is -0.339. The fraction of sp³-hybridized carbons (Fsp3) is 0.471. The summed E-state index contributed by atoms with van der Waals surface area (Å²) < 4.78 is 0. The lowest BCUT2D eigenvalue weighted by molar-refractivity contribution is 0.0974. The van der Waals surface area contributed by atoms with Gasteiger partial charge in [-0.15, -0.1) is 0 Å². The van der Waals surface area contributed by atoms with Crippen LogP contribution in [0.2, 0.25) is 0 Å². The van der Waals surface area contributed by atoms with Crippen molar-refractivity contribution in [3.8, 4) is 0 Å². The maximum atomic E-state index is 12.3. The number of allylic oxidation sites excluding steroid dienone is 2. The van der Waals surface area contributed by atoms with Gasteiger partial charge in [-0.3, -0.25) is 14.6 Å². The van der Waals surface area contributed by atoms with E-state index >= 15 is 0 Å². The van der Waals surface area contributed by atoms with Gasteiger partial charge in [0.2, 0.25) is 11.6 Å². The lowest BCUT2D eigenvalue weighted by atomic mass is 9.97. The smallest absolute Gasteiger partial charge is 0.211 e. The molecule has 0 unspecified atom stereocenters. The minimum atomic E-state index is -0.200. The molecule has 1 saturated heterocycles. The van der Waals surface area contributed by atoms with Crippen LogP contribution in [0.15, 0.2) is 30.1 Å². The SMILES string of the molecule is O=C1C(NCCCN2CCCCC2)=CC(=O)c2ncccc21. The van der Waals surface area contributed by atoms with Crippen molar-refractivity contribution in [2.24, 2.45) is 0 Å². The van der Waals surface area contributed by atoms with Crippen molar-refractivity contribution in [3.05, 3.63) is 41.4 Å². The van der Waals surface area contributed by atoms with Crippen molar-refractivity contribution >= 4 is 11.6 Å². The van der Waals surface area contributed by atoms with Gasteiger partial charge in [-0.25, -0.2) is 0 Å². The quantitative estimate of drug-likeness (QED) is 0.840. The number of likely N-dealkylation sites (tertiary alicyclic amines) is 1. The Labute approximate surface area is 130 Å². The van der Waals surface area contributed by atoms with E-state index in [0.717, 1.165) is 13.0 Å². The Morgan fingerprint density at radius 3 is 2.82 bits per heavy atom. The maximum absolute atomic E-state index is 12.3. The third-order valence-corrected chi connectivity index (χ3v) is 4.22. The van der Waals surface area contributed by atoms with Gasteiger partial charge in [-0.1, -0.05) is 6.42 Å². The average Bonchev–Trinajstić information content (AvgIpc) is 2.57. The van der Waals surface area contributed by atoms with Crippen LogP contribution in [0.1, 0.15) is 46.5 Å². The molecular weight excluding hydrogens is 278 g/mol. The first-order chi connectivity index (χ1) is 10.8. The first kappa shape index (κ1) is 14.9. The topological polar surface area (TPSA) is 62.3 Å². The van der Waals surface area contributed by atoms with Crippen LogP contribution in [0.4, 0.5) is 0 Å². The van der Waals surface area contributed by atoms with E-state index in [-0.39, 0.29) is 17.3 Å². The van der Waals surface area contributed by atoms with Gasteiger partial charge in [0.05, 0.1) is 11.3 Å². The highest BCUT2D eigenvalue weighted by atomic mass is 16.1. The van der Waals surface area contributed by atoms with Crippen LogP contribution < -0.4 is 5.32 Å². The Balaban J connectivity index is 1.53. The van der Waals surface area contributed by atoms with Crippen LogP contribution in [0.3, 0.4) is 0 Å². The Kier molecular flexibility index (Phi) is 4.63. The molecule has 1 aliphatic carbocycles. The summed E-state index contributed by atoms with van der Waals surface area (Å²) in [6.07, 6.45) is 7.79. The lowest BCUT2D eigenvalue weighted by Crippen LogP contribution is -2.33. The first-order valence-electron chi connectivity index (χ1n) is 7.97. The normalized spacial score (nSPS) is 18.8. The molecule has 0 spiro atoms. The zero-order valence-corrected chi connectivity index (χ0v) is 12.7. The number of Topliss-reactive ketones (excluding diaryl/α,β-unsaturated/α-hetero) is 1. The predicted octanol–water partition coefficient (Wildman–Crippen LogP) is 1.81. The molecule has 2 heterocycles. The highest BCUT2D eigenvalue weighted by Crippen LogP contribution is 2.17. The second kappa shape index (κ2) is 6.83. The van der Waals surface area contributed by atoms with Crippen molar-refractivity contribution in [1.29, 1.82) is 0 Å². The Hall–Kier alpha value is -2.01. The Morgan fingerprint density at radius 1 is 1.18 bits per heavy atom. The number of nitrogens with one attached hydrogen (secondary N) is 1. The number of fused-ring (bicyclic) bond motifs is 1. The first-order valence-corrected chi connectivity index (χ1v) is 7.97. The zero-order valence-electron chi connectivity index (χ0n) is 12.7. The van der Waals surface area contributed by atoms with Crippen LogP contribution in [0.5, 0.6) is 0 Å².